The minimum atomic E-state index is 0.0791. The van der Waals surface area contributed by atoms with Crippen molar-refractivity contribution >= 4 is 16.9 Å². The molecule has 0 saturated heterocycles. The molecule has 5 heteroatoms. The molecule has 2 aliphatic heterocycles. The van der Waals surface area contributed by atoms with Crippen molar-refractivity contribution in [3.8, 4) is 12.1 Å². The first-order chi connectivity index (χ1) is 14.9. The molecule has 0 aromatic heterocycles. The lowest BCUT2D eigenvalue weighted by atomic mass is 9.97. The molecule has 5 nitrogen and oxygen atoms in total. The highest BCUT2D eigenvalue weighted by molar-refractivity contribution is 5.85. The molecule has 0 amide bonds. The Kier molecular flexibility index (Phi) is 6.68. The summed E-state index contributed by atoms with van der Waals surface area (Å²) in [4.78, 5) is 4.61. The highest BCUT2D eigenvalue weighted by Crippen LogP contribution is 2.39. The van der Waals surface area contributed by atoms with Gasteiger partial charge in [-0.25, -0.2) is 0 Å². The lowest BCUT2D eigenvalue weighted by Crippen LogP contribution is -2.27. The van der Waals surface area contributed by atoms with Crippen LogP contribution in [-0.2, 0) is 4.74 Å². The zero-order valence-electron chi connectivity index (χ0n) is 18.9. The monoisotopic (exact) mass is 412 g/mol. The number of anilines is 2. The van der Waals surface area contributed by atoms with E-state index in [1.165, 1.54) is 22.5 Å². The van der Waals surface area contributed by atoms with Gasteiger partial charge in [-0.15, -0.1) is 0 Å². The van der Waals surface area contributed by atoms with Gasteiger partial charge in [0.25, 0.3) is 0 Å². The van der Waals surface area contributed by atoms with E-state index in [0.29, 0.717) is 17.1 Å². The SMILES string of the molecule is CCN(CC)c1ccc2c(c1)N(CC)C(=CC1=CC(=C(C#N)C#N)C=C(C)O1)C=C2C. The van der Waals surface area contributed by atoms with Crippen LogP contribution in [0.5, 0.6) is 0 Å². The highest BCUT2D eigenvalue weighted by Gasteiger charge is 2.22. The van der Waals surface area contributed by atoms with Crippen molar-refractivity contribution in [2.24, 2.45) is 0 Å². The Morgan fingerprint density at radius 3 is 2.39 bits per heavy atom. The average Bonchev–Trinajstić information content (AvgIpc) is 2.75. The molecule has 0 bridgehead atoms. The van der Waals surface area contributed by atoms with Gasteiger partial charge in [0, 0.05) is 48.2 Å². The Morgan fingerprint density at radius 2 is 1.77 bits per heavy atom. The van der Waals surface area contributed by atoms with E-state index in [9.17, 15) is 10.5 Å². The number of benzene rings is 1. The maximum atomic E-state index is 9.24. The van der Waals surface area contributed by atoms with Crippen LogP contribution >= 0.6 is 0 Å². The van der Waals surface area contributed by atoms with Gasteiger partial charge in [0.05, 0.1) is 5.69 Å². The van der Waals surface area contributed by atoms with Crippen LogP contribution in [0.25, 0.3) is 5.57 Å². The van der Waals surface area contributed by atoms with Gasteiger partial charge in [0.1, 0.15) is 29.2 Å². The molecule has 1 aromatic rings. The molecule has 31 heavy (non-hydrogen) atoms. The van der Waals surface area contributed by atoms with E-state index in [1.807, 2.05) is 25.1 Å². The molecule has 1 aromatic carbocycles. The standard InChI is InChI=1S/C26H28N4O/c1-6-29(7-2)22-9-10-25-18(4)11-23(30(8-3)26(25)15-22)14-24-13-20(12-19(5)31-24)21(16-27)17-28/h9-15H,6-8H2,1-5H3. The molecule has 0 saturated carbocycles. The molecule has 3 rings (SSSR count). The number of hydrogen-bond donors (Lipinski definition) is 0. The first-order valence-corrected chi connectivity index (χ1v) is 10.6. The molecule has 0 atom stereocenters. The number of nitrogens with zero attached hydrogens (tertiary/aromatic N) is 4. The number of rotatable bonds is 5. The van der Waals surface area contributed by atoms with E-state index in [1.54, 1.807) is 12.2 Å². The summed E-state index contributed by atoms with van der Waals surface area (Å²) in [6.07, 6.45) is 7.60. The lowest BCUT2D eigenvalue weighted by Gasteiger charge is -2.33. The van der Waals surface area contributed by atoms with Crippen LogP contribution in [0.4, 0.5) is 11.4 Å². The van der Waals surface area contributed by atoms with Crippen LogP contribution in [0, 0.1) is 22.7 Å². The molecule has 0 aliphatic carbocycles. The molecule has 0 N–H and O–H groups in total. The second-order valence-electron chi connectivity index (χ2n) is 7.47. The third kappa shape index (κ3) is 4.42. The van der Waals surface area contributed by atoms with Crippen LogP contribution < -0.4 is 9.80 Å². The van der Waals surface area contributed by atoms with Gasteiger partial charge in [-0.1, -0.05) is 6.07 Å². The van der Waals surface area contributed by atoms with Crippen molar-refractivity contribution in [2.45, 2.75) is 34.6 Å². The number of hydrogen-bond acceptors (Lipinski definition) is 5. The fourth-order valence-electron chi connectivity index (χ4n) is 4.03. The van der Waals surface area contributed by atoms with Gasteiger partial charge in [-0.05, 0) is 70.6 Å². The predicted molar refractivity (Wildman–Crippen MR) is 126 cm³/mol. The molecule has 0 spiro atoms. The van der Waals surface area contributed by atoms with Gasteiger partial charge in [-0.2, -0.15) is 10.5 Å². The van der Waals surface area contributed by atoms with Crippen LogP contribution in [-0.4, -0.2) is 19.6 Å². The van der Waals surface area contributed by atoms with Gasteiger partial charge in [-0.3, -0.25) is 0 Å². The number of allylic oxidation sites excluding steroid dienone is 8. The Bertz CT molecular complexity index is 1100. The summed E-state index contributed by atoms with van der Waals surface area (Å²) in [6.45, 7) is 13.1. The topological polar surface area (TPSA) is 63.3 Å². The summed E-state index contributed by atoms with van der Waals surface area (Å²) in [5, 5.41) is 18.5. The number of likely N-dealkylation sites (N-methyl/N-ethyl adjacent to an activating group) is 1. The maximum Gasteiger partial charge on any atom is 0.137 e. The molecule has 2 aliphatic rings. The van der Waals surface area contributed by atoms with Gasteiger partial charge < -0.3 is 14.5 Å². The van der Waals surface area contributed by atoms with E-state index in [4.69, 9.17) is 4.74 Å². The Balaban J connectivity index is 2.09. The zero-order valence-corrected chi connectivity index (χ0v) is 18.9. The smallest absolute Gasteiger partial charge is 0.137 e. The van der Waals surface area contributed by atoms with E-state index in [2.05, 4.69) is 61.8 Å². The fraction of sp³-hybridized carbons (Fsp3) is 0.308. The minimum absolute atomic E-state index is 0.0791. The minimum Gasteiger partial charge on any atom is -0.462 e. The third-order valence-electron chi connectivity index (χ3n) is 5.56. The second-order valence-corrected chi connectivity index (χ2v) is 7.47. The van der Waals surface area contributed by atoms with Crippen molar-refractivity contribution in [3.05, 3.63) is 76.4 Å². The van der Waals surface area contributed by atoms with Crippen molar-refractivity contribution < 1.29 is 4.74 Å². The number of ether oxygens (including phenoxy) is 1. The van der Waals surface area contributed by atoms with E-state index < -0.39 is 0 Å². The zero-order chi connectivity index (χ0) is 22.5. The number of fused-ring (bicyclic) bond motifs is 1. The van der Waals surface area contributed by atoms with Crippen molar-refractivity contribution in [1.29, 1.82) is 10.5 Å². The first kappa shape index (κ1) is 22.0. The molecular formula is C26H28N4O. The van der Waals surface area contributed by atoms with Gasteiger partial charge in [0.2, 0.25) is 0 Å². The van der Waals surface area contributed by atoms with Gasteiger partial charge >= 0.3 is 0 Å². The highest BCUT2D eigenvalue weighted by atomic mass is 16.5. The Morgan fingerprint density at radius 1 is 1.06 bits per heavy atom. The van der Waals surface area contributed by atoms with Crippen LogP contribution in [0.15, 0.2) is 70.9 Å². The maximum absolute atomic E-state index is 9.24. The second kappa shape index (κ2) is 9.41. The molecule has 158 valence electrons. The molecule has 0 radical (unpaired) electrons. The molecule has 0 unspecified atom stereocenters. The van der Waals surface area contributed by atoms with E-state index >= 15 is 0 Å². The van der Waals surface area contributed by atoms with Gasteiger partial charge in [0.15, 0.2) is 0 Å². The Hall–Kier alpha value is -3.70. The van der Waals surface area contributed by atoms with E-state index in [-0.39, 0.29) is 5.57 Å². The summed E-state index contributed by atoms with van der Waals surface area (Å²) in [5.41, 5.74) is 6.46. The first-order valence-electron chi connectivity index (χ1n) is 10.6. The summed E-state index contributed by atoms with van der Waals surface area (Å²) in [5.74, 6) is 1.26. The lowest BCUT2D eigenvalue weighted by molar-refractivity contribution is 0.317. The molecular weight excluding hydrogens is 384 g/mol. The van der Waals surface area contributed by atoms with Crippen LogP contribution in [0.3, 0.4) is 0 Å². The predicted octanol–water partition coefficient (Wildman–Crippen LogP) is 5.82. The summed E-state index contributed by atoms with van der Waals surface area (Å²) >= 11 is 0. The molecule has 2 heterocycles. The molecule has 0 fully saturated rings. The largest absolute Gasteiger partial charge is 0.462 e. The summed E-state index contributed by atoms with van der Waals surface area (Å²) in [6, 6.07) is 10.6. The van der Waals surface area contributed by atoms with E-state index in [0.717, 1.165) is 25.3 Å². The van der Waals surface area contributed by atoms with Crippen LogP contribution in [0.2, 0.25) is 0 Å². The normalized spacial score (nSPS) is 16.4. The fourth-order valence-corrected chi connectivity index (χ4v) is 4.03. The van der Waals surface area contributed by atoms with Crippen LogP contribution in [0.1, 0.15) is 40.2 Å². The summed E-state index contributed by atoms with van der Waals surface area (Å²) in [7, 11) is 0. The third-order valence-corrected chi connectivity index (χ3v) is 5.56. The Labute approximate surface area is 185 Å². The number of nitriles is 2. The van der Waals surface area contributed by atoms with Crippen molar-refractivity contribution in [3.63, 3.8) is 0 Å². The quantitative estimate of drug-likeness (QED) is 0.570. The van der Waals surface area contributed by atoms with Crippen molar-refractivity contribution in [2.75, 3.05) is 29.4 Å². The summed E-state index contributed by atoms with van der Waals surface area (Å²) < 4.78 is 5.90. The average molecular weight is 413 g/mol. The van der Waals surface area contributed by atoms with Crippen molar-refractivity contribution in [1.82, 2.24) is 0 Å².